The van der Waals surface area contributed by atoms with E-state index in [-0.39, 0.29) is 11.9 Å². The van der Waals surface area contributed by atoms with Crippen molar-refractivity contribution in [2.75, 3.05) is 19.6 Å². The van der Waals surface area contributed by atoms with E-state index in [4.69, 9.17) is 0 Å². The maximum Gasteiger partial charge on any atom is 0.220 e. The van der Waals surface area contributed by atoms with E-state index >= 15 is 0 Å². The average molecular weight is 545 g/mol. The van der Waals surface area contributed by atoms with Gasteiger partial charge in [0.05, 0.1) is 6.04 Å². The van der Waals surface area contributed by atoms with Gasteiger partial charge >= 0.3 is 0 Å². The summed E-state index contributed by atoms with van der Waals surface area (Å²) >= 11 is 1.86. The van der Waals surface area contributed by atoms with Gasteiger partial charge in [-0.3, -0.25) is 4.79 Å². The van der Waals surface area contributed by atoms with Gasteiger partial charge in [-0.05, 0) is 65.3 Å². The SMILES string of the molecule is O=C(CCCN1CCC(=C(c2ccccc2)c2ccccc2)CC1)N[C@H]1c2ccccc2CSc2ccccc21. The topological polar surface area (TPSA) is 32.3 Å². The third-order valence-electron chi connectivity index (χ3n) is 8.10. The van der Waals surface area contributed by atoms with Crippen molar-refractivity contribution < 1.29 is 4.79 Å². The van der Waals surface area contributed by atoms with Crippen molar-refractivity contribution in [2.24, 2.45) is 0 Å². The van der Waals surface area contributed by atoms with Crippen LogP contribution in [0.15, 0.2) is 120 Å². The monoisotopic (exact) mass is 544 g/mol. The summed E-state index contributed by atoms with van der Waals surface area (Å²) < 4.78 is 0. The Balaban J connectivity index is 1.07. The van der Waals surface area contributed by atoms with E-state index in [1.54, 1.807) is 0 Å². The second-order valence-corrected chi connectivity index (χ2v) is 11.7. The molecular formula is C36H36N2OS. The molecule has 2 aliphatic rings. The van der Waals surface area contributed by atoms with Crippen molar-refractivity contribution >= 4 is 23.2 Å². The highest BCUT2D eigenvalue weighted by molar-refractivity contribution is 7.98. The molecule has 0 unspecified atom stereocenters. The quantitative estimate of drug-likeness (QED) is 0.257. The molecule has 1 atom stereocenters. The number of hydrogen-bond donors (Lipinski definition) is 1. The smallest absolute Gasteiger partial charge is 0.220 e. The number of carbonyl (C=O) groups is 1. The van der Waals surface area contributed by atoms with Crippen molar-refractivity contribution in [2.45, 2.75) is 42.4 Å². The fourth-order valence-electron chi connectivity index (χ4n) is 6.05. The fourth-order valence-corrected chi connectivity index (χ4v) is 7.15. The van der Waals surface area contributed by atoms with Crippen molar-refractivity contribution in [1.29, 1.82) is 0 Å². The zero-order valence-corrected chi connectivity index (χ0v) is 23.7. The van der Waals surface area contributed by atoms with Gasteiger partial charge in [-0.25, -0.2) is 0 Å². The lowest BCUT2D eigenvalue weighted by Gasteiger charge is -2.30. The number of likely N-dealkylation sites (tertiary alicyclic amines) is 1. The zero-order valence-electron chi connectivity index (χ0n) is 22.9. The second-order valence-electron chi connectivity index (χ2n) is 10.7. The largest absolute Gasteiger partial charge is 0.345 e. The third kappa shape index (κ3) is 6.09. The summed E-state index contributed by atoms with van der Waals surface area (Å²) in [6, 6.07) is 38.5. The molecule has 6 rings (SSSR count). The average Bonchev–Trinajstić information content (AvgIpc) is 3.16. The van der Waals surface area contributed by atoms with Crippen molar-refractivity contribution in [3.05, 3.63) is 143 Å². The Bertz CT molecular complexity index is 1380. The van der Waals surface area contributed by atoms with Crippen LogP contribution in [-0.2, 0) is 10.5 Å². The van der Waals surface area contributed by atoms with Crippen LogP contribution in [0.3, 0.4) is 0 Å². The summed E-state index contributed by atoms with van der Waals surface area (Å²) in [7, 11) is 0. The lowest BCUT2D eigenvalue weighted by atomic mass is 9.88. The van der Waals surface area contributed by atoms with Gasteiger partial charge in [0, 0.05) is 30.2 Å². The van der Waals surface area contributed by atoms with Crippen molar-refractivity contribution in [1.82, 2.24) is 10.2 Å². The van der Waals surface area contributed by atoms with Crippen LogP contribution in [0.25, 0.3) is 5.57 Å². The fraction of sp³-hybridized carbons (Fsp3) is 0.250. The molecule has 1 N–H and O–H groups in total. The van der Waals surface area contributed by atoms with Crippen LogP contribution in [-0.4, -0.2) is 30.4 Å². The van der Waals surface area contributed by atoms with E-state index < -0.39 is 0 Å². The van der Waals surface area contributed by atoms with Gasteiger partial charge in [-0.1, -0.05) is 109 Å². The van der Waals surface area contributed by atoms with E-state index in [9.17, 15) is 4.79 Å². The number of thioether (sulfide) groups is 1. The lowest BCUT2D eigenvalue weighted by molar-refractivity contribution is -0.121. The lowest BCUT2D eigenvalue weighted by Crippen LogP contribution is -2.34. The van der Waals surface area contributed by atoms with Crippen molar-refractivity contribution in [3.63, 3.8) is 0 Å². The number of rotatable bonds is 7. The molecule has 202 valence electrons. The van der Waals surface area contributed by atoms with E-state index in [1.807, 2.05) is 11.8 Å². The van der Waals surface area contributed by atoms with Crippen LogP contribution in [0.5, 0.6) is 0 Å². The van der Waals surface area contributed by atoms with Gasteiger partial charge < -0.3 is 10.2 Å². The number of amides is 1. The van der Waals surface area contributed by atoms with Crippen LogP contribution in [0.4, 0.5) is 0 Å². The molecule has 4 aromatic rings. The number of hydrogen-bond acceptors (Lipinski definition) is 3. The molecule has 3 nitrogen and oxygen atoms in total. The summed E-state index contributed by atoms with van der Waals surface area (Å²) in [5.74, 6) is 1.07. The Morgan fingerprint density at radius 2 is 1.35 bits per heavy atom. The number of carbonyl (C=O) groups excluding carboxylic acids is 1. The number of piperidine rings is 1. The van der Waals surface area contributed by atoms with Gasteiger partial charge in [0.1, 0.15) is 0 Å². The highest BCUT2D eigenvalue weighted by Gasteiger charge is 2.25. The molecule has 0 bridgehead atoms. The zero-order chi connectivity index (χ0) is 27.1. The first-order valence-electron chi connectivity index (χ1n) is 14.4. The summed E-state index contributed by atoms with van der Waals surface area (Å²) in [6.45, 7) is 3.04. The molecule has 0 spiro atoms. The minimum atomic E-state index is -0.0908. The molecule has 40 heavy (non-hydrogen) atoms. The number of benzene rings is 4. The van der Waals surface area contributed by atoms with Crippen LogP contribution in [0, 0.1) is 0 Å². The summed E-state index contributed by atoms with van der Waals surface area (Å²) in [5, 5.41) is 3.39. The Kier molecular flexibility index (Phi) is 8.46. The highest BCUT2D eigenvalue weighted by Crippen LogP contribution is 2.39. The molecule has 0 aromatic heterocycles. The maximum absolute atomic E-state index is 13.2. The van der Waals surface area contributed by atoms with Gasteiger partial charge in [-0.2, -0.15) is 0 Å². The minimum Gasteiger partial charge on any atom is -0.345 e. The molecular weight excluding hydrogens is 508 g/mol. The molecule has 0 radical (unpaired) electrons. The Morgan fingerprint density at radius 1 is 0.750 bits per heavy atom. The highest BCUT2D eigenvalue weighted by atomic mass is 32.2. The predicted octanol–water partition coefficient (Wildman–Crippen LogP) is 7.88. The number of nitrogens with zero attached hydrogens (tertiary/aromatic N) is 1. The van der Waals surface area contributed by atoms with Gasteiger partial charge in [0.25, 0.3) is 0 Å². The summed E-state index contributed by atoms with van der Waals surface area (Å²) in [4.78, 5) is 17.0. The normalized spacial score (nSPS) is 16.9. The first-order chi connectivity index (χ1) is 19.8. The first-order valence-corrected chi connectivity index (χ1v) is 15.4. The van der Waals surface area contributed by atoms with Gasteiger partial charge in [0.15, 0.2) is 0 Å². The molecule has 2 heterocycles. The van der Waals surface area contributed by atoms with Crippen LogP contribution in [0.2, 0.25) is 0 Å². The van der Waals surface area contributed by atoms with Crippen LogP contribution in [0.1, 0.15) is 59.5 Å². The summed E-state index contributed by atoms with van der Waals surface area (Å²) in [5.41, 5.74) is 9.25. The Labute approximate surface area is 242 Å². The second kappa shape index (κ2) is 12.7. The van der Waals surface area contributed by atoms with E-state index in [2.05, 4.69) is 119 Å². The van der Waals surface area contributed by atoms with E-state index in [0.717, 1.165) is 44.6 Å². The van der Waals surface area contributed by atoms with E-state index in [1.165, 1.54) is 43.9 Å². The predicted molar refractivity (Wildman–Crippen MR) is 166 cm³/mol. The minimum absolute atomic E-state index is 0.0908. The number of fused-ring (bicyclic) bond motifs is 2. The van der Waals surface area contributed by atoms with Gasteiger partial charge in [0.2, 0.25) is 5.91 Å². The van der Waals surface area contributed by atoms with Crippen LogP contribution < -0.4 is 5.32 Å². The Morgan fingerprint density at radius 3 is 2.05 bits per heavy atom. The molecule has 1 fully saturated rings. The standard InChI is InChI=1S/C36H36N2OS/c39-34(37-36-31-17-8-7-16-30(31)26-40-33-19-10-9-18-32(33)36)20-11-23-38-24-21-29(22-25-38)35(27-12-3-1-4-13-27)28-14-5-2-6-15-28/h1-10,12-19,36H,11,20-26H2,(H,37,39)/t36-/m0/s1. The van der Waals surface area contributed by atoms with Gasteiger partial charge in [-0.15, -0.1) is 11.8 Å². The van der Waals surface area contributed by atoms with Crippen LogP contribution >= 0.6 is 11.8 Å². The molecule has 4 heteroatoms. The third-order valence-corrected chi connectivity index (χ3v) is 9.24. The molecule has 4 aromatic carbocycles. The molecule has 1 saturated heterocycles. The Hall–Kier alpha value is -3.60. The molecule has 1 amide bonds. The molecule has 2 aliphatic heterocycles. The molecule has 0 aliphatic carbocycles. The maximum atomic E-state index is 13.2. The van der Waals surface area contributed by atoms with Crippen molar-refractivity contribution in [3.8, 4) is 0 Å². The summed E-state index contributed by atoms with van der Waals surface area (Å²) in [6.07, 6.45) is 3.56. The number of nitrogens with one attached hydrogen (secondary N) is 1. The van der Waals surface area contributed by atoms with E-state index in [0.29, 0.717) is 6.42 Å². The molecule has 0 saturated carbocycles. The first kappa shape index (κ1) is 26.6.